The van der Waals surface area contributed by atoms with Crippen molar-refractivity contribution in [3.8, 4) is 0 Å². The molecule has 0 unspecified atom stereocenters. The molecule has 0 spiro atoms. The van der Waals surface area contributed by atoms with Crippen LogP contribution in [0.4, 0.5) is 13.2 Å². The molecule has 1 fully saturated rings. The Hall–Kier alpha value is -1.31. The van der Waals surface area contributed by atoms with Gasteiger partial charge in [0.1, 0.15) is 6.54 Å². The number of carbonyl (C=O) groups is 2. The van der Waals surface area contributed by atoms with E-state index in [0.717, 1.165) is 20.0 Å². The summed E-state index contributed by atoms with van der Waals surface area (Å²) in [4.78, 5) is 23.8. The number of piperidine rings is 1. The maximum absolute atomic E-state index is 12.5. The lowest BCUT2D eigenvalue weighted by atomic mass is 10.0. The summed E-state index contributed by atoms with van der Waals surface area (Å²) >= 11 is 0. The second-order valence-electron chi connectivity index (χ2n) is 4.70. The standard InChI is InChI=1S/C12H19F3N2O3/c1-20-10(18)5-7-17(8-12(13,14)15)11(19)9-4-2-3-6-16-9/h9,16H,2-8H2,1H3/t9-/m1/s1. The minimum Gasteiger partial charge on any atom is -0.469 e. The van der Waals surface area contributed by atoms with Crippen molar-refractivity contribution in [3.63, 3.8) is 0 Å². The Morgan fingerprint density at radius 1 is 1.35 bits per heavy atom. The van der Waals surface area contributed by atoms with Crippen LogP contribution in [0.25, 0.3) is 0 Å². The zero-order valence-corrected chi connectivity index (χ0v) is 11.3. The van der Waals surface area contributed by atoms with Crippen LogP contribution in [0.5, 0.6) is 0 Å². The number of nitrogens with zero attached hydrogens (tertiary/aromatic N) is 1. The van der Waals surface area contributed by atoms with Crippen LogP contribution >= 0.6 is 0 Å². The van der Waals surface area contributed by atoms with E-state index in [-0.39, 0.29) is 13.0 Å². The molecular weight excluding hydrogens is 277 g/mol. The molecule has 0 aromatic carbocycles. The van der Waals surface area contributed by atoms with E-state index in [4.69, 9.17) is 0 Å². The van der Waals surface area contributed by atoms with Gasteiger partial charge in [0, 0.05) is 6.54 Å². The van der Waals surface area contributed by atoms with Crippen molar-refractivity contribution in [1.29, 1.82) is 0 Å². The van der Waals surface area contributed by atoms with Gasteiger partial charge in [-0.2, -0.15) is 13.2 Å². The second kappa shape index (κ2) is 7.47. The van der Waals surface area contributed by atoms with Gasteiger partial charge in [0.2, 0.25) is 5.91 Å². The zero-order valence-electron chi connectivity index (χ0n) is 11.3. The minimum absolute atomic E-state index is 0.245. The van der Waals surface area contributed by atoms with Gasteiger partial charge >= 0.3 is 12.1 Å². The van der Waals surface area contributed by atoms with Gasteiger partial charge in [-0.25, -0.2) is 0 Å². The first-order valence-electron chi connectivity index (χ1n) is 6.49. The van der Waals surface area contributed by atoms with Crippen molar-refractivity contribution < 1.29 is 27.5 Å². The molecule has 5 nitrogen and oxygen atoms in total. The summed E-state index contributed by atoms with van der Waals surface area (Å²) in [6.07, 6.45) is -2.50. The van der Waals surface area contributed by atoms with Crippen LogP contribution in [-0.4, -0.2) is 55.7 Å². The predicted octanol–water partition coefficient (Wildman–Crippen LogP) is 1.08. The first-order chi connectivity index (χ1) is 9.33. The summed E-state index contributed by atoms with van der Waals surface area (Å²) in [6.45, 7) is -1.02. The molecule has 1 rings (SSSR count). The van der Waals surface area contributed by atoms with Crippen LogP contribution in [0.1, 0.15) is 25.7 Å². The average Bonchev–Trinajstić information content (AvgIpc) is 2.42. The van der Waals surface area contributed by atoms with Crippen LogP contribution in [0.2, 0.25) is 0 Å². The Labute approximate surface area is 115 Å². The maximum atomic E-state index is 12.5. The first-order valence-corrected chi connectivity index (χ1v) is 6.49. The van der Waals surface area contributed by atoms with E-state index in [0.29, 0.717) is 17.9 Å². The average molecular weight is 296 g/mol. The minimum atomic E-state index is -4.49. The number of halogens is 3. The first kappa shape index (κ1) is 16.7. The molecule has 0 bridgehead atoms. The van der Waals surface area contributed by atoms with E-state index in [2.05, 4.69) is 10.1 Å². The molecule has 0 saturated carbocycles. The Morgan fingerprint density at radius 3 is 2.55 bits per heavy atom. The summed E-state index contributed by atoms with van der Waals surface area (Å²) in [7, 11) is 1.15. The van der Waals surface area contributed by atoms with Gasteiger partial charge in [0.15, 0.2) is 0 Å². The zero-order chi connectivity index (χ0) is 15.2. The number of carbonyl (C=O) groups excluding carboxylic acids is 2. The van der Waals surface area contributed by atoms with E-state index < -0.39 is 30.6 Å². The lowest BCUT2D eigenvalue weighted by Crippen LogP contribution is -2.51. The molecule has 1 aliphatic heterocycles. The largest absolute Gasteiger partial charge is 0.469 e. The number of nitrogens with one attached hydrogen (secondary N) is 1. The molecule has 0 aliphatic carbocycles. The van der Waals surface area contributed by atoms with E-state index in [9.17, 15) is 22.8 Å². The molecule has 0 aromatic heterocycles. The fourth-order valence-corrected chi connectivity index (χ4v) is 2.09. The van der Waals surface area contributed by atoms with E-state index in [1.165, 1.54) is 0 Å². The number of amides is 1. The summed E-state index contributed by atoms with van der Waals surface area (Å²) < 4.78 is 41.9. The number of hydrogen-bond acceptors (Lipinski definition) is 4. The molecule has 0 radical (unpaired) electrons. The van der Waals surface area contributed by atoms with Gasteiger partial charge in [-0.05, 0) is 19.4 Å². The number of esters is 1. The molecule has 1 aliphatic rings. The third kappa shape index (κ3) is 5.77. The van der Waals surface area contributed by atoms with Crippen LogP contribution in [0, 0.1) is 0 Å². The molecule has 20 heavy (non-hydrogen) atoms. The quantitative estimate of drug-likeness (QED) is 0.771. The van der Waals surface area contributed by atoms with Crippen molar-refractivity contribution >= 4 is 11.9 Å². The highest BCUT2D eigenvalue weighted by molar-refractivity contribution is 5.82. The number of methoxy groups -OCH3 is 1. The smallest absolute Gasteiger partial charge is 0.406 e. The van der Waals surface area contributed by atoms with Crippen LogP contribution in [-0.2, 0) is 14.3 Å². The predicted molar refractivity (Wildman–Crippen MR) is 64.9 cm³/mol. The summed E-state index contributed by atoms with van der Waals surface area (Å²) in [5, 5.41) is 2.91. The topological polar surface area (TPSA) is 58.6 Å². The third-order valence-corrected chi connectivity index (χ3v) is 3.10. The highest BCUT2D eigenvalue weighted by Crippen LogP contribution is 2.19. The molecule has 1 heterocycles. The molecule has 1 N–H and O–H groups in total. The number of rotatable bonds is 5. The number of alkyl halides is 3. The van der Waals surface area contributed by atoms with Gasteiger partial charge in [0.05, 0.1) is 19.6 Å². The maximum Gasteiger partial charge on any atom is 0.406 e. The van der Waals surface area contributed by atoms with Crippen LogP contribution in [0.3, 0.4) is 0 Å². The van der Waals surface area contributed by atoms with E-state index in [1.54, 1.807) is 0 Å². The van der Waals surface area contributed by atoms with Crippen molar-refractivity contribution in [3.05, 3.63) is 0 Å². The molecule has 116 valence electrons. The van der Waals surface area contributed by atoms with Crippen LogP contribution < -0.4 is 5.32 Å². The van der Waals surface area contributed by atoms with Crippen molar-refractivity contribution in [2.45, 2.75) is 37.9 Å². The molecule has 8 heteroatoms. The summed E-state index contributed by atoms with van der Waals surface area (Å²) in [6, 6.07) is -0.594. The van der Waals surface area contributed by atoms with E-state index >= 15 is 0 Å². The number of ether oxygens (including phenoxy) is 1. The highest BCUT2D eigenvalue weighted by Gasteiger charge is 2.35. The molecule has 1 amide bonds. The lowest BCUT2D eigenvalue weighted by Gasteiger charge is -2.30. The Kier molecular flexibility index (Phi) is 6.25. The Morgan fingerprint density at radius 2 is 2.05 bits per heavy atom. The summed E-state index contributed by atoms with van der Waals surface area (Å²) in [5.74, 6) is -1.24. The van der Waals surface area contributed by atoms with Gasteiger partial charge in [-0.15, -0.1) is 0 Å². The molecule has 0 aromatic rings. The molecular formula is C12H19F3N2O3. The lowest BCUT2D eigenvalue weighted by molar-refractivity contribution is -0.164. The van der Waals surface area contributed by atoms with Crippen molar-refractivity contribution in [2.24, 2.45) is 0 Å². The van der Waals surface area contributed by atoms with Crippen molar-refractivity contribution in [2.75, 3.05) is 26.7 Å². The Bertz CT molecular complexity index is 341. The van der Waals surface area contributed by atoms with Gasteiger partial charge in [-0.1, -0.05) is 6.42 Å². The SMILES string of the molecule is COC(=O)CCN(CC(F)(F)F)C(=O)[C@H]1CCCCN1. The van der Waals surface area contributed by atoms with E-state index in [1.807, 2.05) is 0 Å². The normalized spacial score (nSPS) is 19.5. The fourth-order valence-electron chi connectivity index (χ4n) is 2.09. The van der Waals surface area contributed by atoms with Gasteiger partial charge in [-0.3, -0.25) is 9.59 Å². The molecule has 1 saturated heterocycles. The van der Waals surface area contributed by atoms with Crippen LogP contribution in [0.15, 0.2) is 0 Å². The fraction of sp³-hybridized carbons (Fsp3) is 0.833. The van der Waals surface area contributed by atoms with Crippen molar-refractivity contribution in [1.82, 2.24) is 10.2 Å². The monoisotopic (exact) mass is 296 g/mol. The Balaban J connectivity index is 2.64. The van der Waals surface area contributed by atoms with Gasteiger partial charge in [0.25, 0.3) is 0 Å². The summed E-state index contributed by atoms with van der Waals surface area (Å²) in [5.41, 5.74) is 0. The highest BCUT2D eigenvalue weighted by atomic mass is 19.4. The molecule has 1 atom stereocenters. The number of hydrogen-bond donors (Lipinski definition) is 1. The second-order valence-corrected chi connectivity index (χ2v) is 4.70. The van der Waals surface area contributed by atoms with Gasteiger partial charge < -0.3 is 15.0 Å². The third-order valence-electron chi connectivity index (χ3n) is 3.10.